The van der Waals surface area contributed by atoms with Crippen molar-refractivity contribution in [3.8, 4) is 17.2 Å². The molecule has 0 fully saturated rings. The quantitative estimate of drug-likeness (QED) is 0.726. The van der Waals surface area contributed by atoms with Gasteiger partial charge in [0.2, 0.25) is 0 Å². The minimum atomic E-state index is -1.36. The molecule has 0 atom stereocenters. The molecule has 0 bridgehead atoms. The Morgan fingerprint density at radius 1 is 0.654 bits per heavy atom. The summed E-state index contributed by atoms with van der Waals surface area (Å²) in [4.78, 5) is 13.5. The lowest BCUT2D eigenvalue weighted by atomic mass is 9.85. The topological polar surface area (TPSA) is 92.4 Å². The molecule has 0 aliphatic carbocycles. The minimum Gasteiger partial charge on any atom is -0.495 e. The van der Waals surface area contributed by atoms with Crippen molar-refractivity contribution in [2.45, 2.75) is 5.54 Å². The molecule has 0 amide bonds. The van der Waals surface area contributed by atoms with E-state index in [1.165, 1.54) is 0 Å². The fraction of sp³-hybridized carbons (Fsp3) is 0.211. The molecule has 0 aliphatic heterocycles. The van der Waals surface area contributed by atoms with Gasteiger partial charge in [-0.25, -0.2) is 0 Å². The summed E-state index contributed by atoms with van der Waals surface area (Å²) in [6.45, 7) is 0. The third-order valence-corrected chi connectivity index (χ3v) is 4.09. The zero-order chi connectivity index (χ0) is 18.6. The van der Waals surface area contributed by atoms with Crippen LogP contribution in [0.25, 0.3) is 0 Å². The fourth-order valence-electron chi connectivity index (χ4n) is 2.89. The standard InChI is InChI=1S/C19H20N4O3/c1-24-13-7-4-10-21-16(13)19(20,17-14(25-2)8-5-11-22-17)18-15(26-3)9-6-12-23-18/h4-12H,20H2,1-3H3. The molecule has 0 unspecified atom stereocenters. The lowest BCUT2D eigenvalue weighted by Crippen LogP contribution is -2.42. The van der Waals surface area contributed by atoms with Crippen molar-refractivity contribution in [1.29, 1.82) is 0 Å². The molecule has 3 aromatic heterocycles. The molecule has 0 aromatic carbocycles. The number of ether oxygens (including phenoxy) is 3. The molecule has 3 rings (SSSR count). The SMILES string of the molecule is COc1cccnc1C(N)(c1ncccc1OC)c1ncccc1OC. The Hall–Kier alpha value is -3.19. The highest BCUT2D eigenvalue weighted by atomic mass is 16.5. The number of hydrogen-bond acceptors (Lipinski definition) is 7. The Kier molecular flexibility index (Phi) is 4.99. The van der Waals surface area contributed by atoms with Crippen molar-refractivity contribution in [2.24, 2.45) is 5.73 Å². The van der Waals surface area contributed by atoms with Gasteiger partial charge in [0, 0.05) is 18.6 Å². The number of aromatic nitrogens is 3. The second kappa shape index (κ2) is 7.37. The van der Waals surface area contributed by atoms with Crippen LogP contribution in [0.1, 0.15) is 17.1 Å². The van der Waals surface area contributed by atoms with Crippen LogP contribution in [0.2, 0.25) is 0 Å². The normalized spacial score (nSPS) is 11.1. The number of hydrogen-bond donors (Lipinski definition) is 1. The second-order valence-electron chi connectivity index (χ2n) is 5.47. The highest BCUT2D eigenvalue weighted by molar-refractivity contribution is 5.54. The van der Waals surface area contributed by atoms with Crippen LogP contribution in [0, 0.1) is 0 Å². The van der Waals surface area contributed by atoms with Crippen molar-refractivity contribution >= 4 is 0 Å². The molecule has 7 heteroatoms. The number of rotatable bonds is 6. The van der Waals surface area contributed by atoms with E-state index in [2.05, 4.69) is 15.0 Å². The maximum Gasteiger partial charge on any atom is 0.155 e. The summed E-state index contributed by atoms with van der Waals surface area (Å²) in [5.41, 5.74) is 6.97. The maximum atomic E-state index is 6.96. The first-order valence-corrected chi connectivity index (χ1v) is 7.94. The Bertz CT molecular complexity index is 786. The largest absolute Gasteiger partial charge is 0.495 e. The number of nitrogens with zero attached hydrogens (tertiary/aromatic N) is 3. The van der Waals surface area contributed by atoms with Crippen LogP contribution in [-0.4, -0.2) is 36.3 Å². The van der Waals surface area contributed by atoms with Gasteiger partial charge in [0.1, 0.15) is 34.3 Å². The number of pyridine rings is 3. The summed E-state index contributed by atoms with van der Waals surface area (Å²) >= 11 is 0. The molecule has 134 valence electrons. The van der Waals surface area contributed by atoms with Gasteiger partial charge in [-0.3, -0.25) is 15.0 Å². The van der Waals surface area contributed by atoms with Gasteiger partial charge in [0.25, 0.3) is 0 Å². The van der Waals surface area contributed by atoms with Gasteiger partial charge >= 0.3 is 0 Å². The predicted octanol–water partition coefficient (Wildman–Crippen LogP) is 2.15. The molecular formula is C19H20N4O3. The first kappa shape index (κ1) is 17.6. The zero-order valence-electron chi connectivity index (χ0n) is 14.8. The van der Waals surface area contributed by atoms with Crippen LogP contribution >= 0.6 is 0 Å². The van der Waals surface area contributed by atoms with Gasteiger partial charge in [-0.1, -0.05) is 0 Å². The minimum absolute atomic E-state index is 0.455. The summed E-state index contributed by atoms with van der Waals surface area (Å²) in [6, 6.07) is 10.7. The van der Waals surface area contributed by atoms with Gasteiger partial charge in [-0.2, -0.15) is 0 Å². The van der Waals surface area contributed by atoms with Crippen molar-refractivity contribution in [2.75, 3.05) is 21.3 Å². The molecule has 0 saturated heterocycles. The van der Waals surface area contributed by atoms with E-state index in [0.717, 1.165) is 0 Å². The van der Waals surface area contributed by atoms with E-state index in [4.69, 9.17) is 19.9 Å². The van der Waals surface area contributed by atoms with Crippen LogP contribution in [-0.2, 0) is 5.54 Å². The smallest absolute Gasteiger partial charge is 0.155 e. The van der Waals surface area contributed by atoms with Crippen molar-refractivity contribution in [3.05, 3.63) is 72.1 Å². The van der Waals surface area contributed by atoms with Crippen LogP contribution in [0.5, 0.6) is 17.2 Å². The van der Waals surface area contributed by atoms with E-state index in [-0.39, 0.29) is 0 Å². The third kappa shape index (κ3) is 2.82. The summed E-state index contributed by atoms with van der Waals surface area (Å²) in [5.74, 6) is 1.53. The van der Waals surface area contributed by atoms with E-state index < -0.39 is 5.54 Å². The second-order valence-corrected chi connectivity index (χ2v) is 5.47. The average molecular weight is 352 g/mol. The zero-order valence-corrected chi connectivity index (χ0v) is 14.8. The third-order valence-electron chi connectivity index (χ3n) is 4.09. The van der Waals surface area contributed by atoms with Gasteiger partial charge in [-0.15, -0.1) is 0 Å². The Balaban J connectivity index is 2.40. The molecule has 0 radical (unpaired) electrons. The van der Waals surface area contributed by atoms with Crippen molar-refractivity contribution in [1.82, 2.24) is 15.0 Å². The Morgan fingerprint density at radius 2 is 0.962 bits per heavy atom. The summed E-state index contributed by atoms with van der Waals surface area (Å²) < 4.78 is 16.5. The van der Waals surface area contributed by atoms with Crippen LogP contribution < -0.4 is 19.9 Å². The van der Waals surface area contributed by atoms with Crippen LogP contribution in [0.15, 0.2) is 55.0 Å². The molecule has 3 heterocycles. The summed E-state index contributed by atoms with van der Waals surface area (Å²) in [5, 5.41) is 0. The summed E-state index contributed by atoms with van der Waals surface area (Å²) in [6.07, 6.45) is 4.93. The van der Waals surface area contributed by atoms with E-state index in [1.54, 1.807) is 76.3 Å². The number of nitrogens with two attached hydrogens (primary N) is 1. The lowest BCUT2D eigenvalue weighted by Gasteiger charge is -2.31. The van der Waals surface area contributed by atoms with E-state index in [1.807, 2.05) is 0 Å². The molecule has 7 nitrogen and oxygen atoms in total. The molecular weight excluding hydrogens is 332 g/mol. The number of methoxy groups -OCH3 is 3. The van der Waals surface area contributed by atoms with Gasteiger partial charge < -0.3 is 19.9 Å². The van der Waals surface area contributed by atoms with Crippen molar-refractivity contribution in [3.63, 3.8) is 0 Å². The Labute approximate surface area is 151 Å². The molecule has 0 saturated carbocycles. The summed E-state index contributed by atoms with van der Waals surface area (Å²) in [7, 11) is 4.69. The first-order valence-electron chi connectivity index (χ1n) is 7.94. The van der Waals surface area contributed by atoms with Gasteiger partial charge in [-0.05, 0) is 36.4 Å². The van der Waals surface area contributed by atoms with Crippen LogP contribution in [0.3, 0.4) is 0 Å². The van der Waals surface area contributed by atoms with E-state index in [9.17, 15) is 0 Å². The average Bonchev–Trinajstić information content (AvgIpc) is 2.73. The fourth-order valence-corrected chi connectivity index (χ4v) is 2.89. The molecule has 26 heavy (non-hydrogen) atoms. The molecule has 0 spiro atoms. The highest BCUT2D eigenvalue weighted by Crippen LogP contribution is 2.42. The highest BCUT2D eigenvalue weighted by Gasteiger charge is 2.43. The van der Waals surface area contributed by atoms with Crippen LogP contribution in [0.4, 0.5) is 0 Å². The van der Waals surface area contributed by atoms with E-state index >= 15 is 0 Å². The predicted molar refractivity (Wildman–Crippen MR) is 96.4 cm³/mol. The van der Waals surface area contributed by atoms with E-state index in [0.29, 0.717) is 34.3 Å². The molecule has 3 aromatic rings. The molecule has 2 N–H and O–H groups in total. The maximum absolute atomic E-state index is 6.96. The van der Waals surface area contributed by atoms with Crippen molar-refractivity contribution < 1.29 is 14.2 Å². The molecule has 0 aliphatic rings. The lowest BCUT2D eigenvalue weighted by molar-refractivity contribution is 0.367. The Morgan fingerprint density at radius 3 is 1.23 bits per heavy atom. The monoisotopic (exact) mass is 352 g/mol. The van der Waals surface area contributed by atoms with Gasteiger partial charge in [0.05, 0.1) is 21.3 Å². The first-order chi connectivity index (χ1) is 12.7. The van der Waals surface area contributed by atoms with Gasteiger partial charge in [0.15, 0.2) is 5.54 Å².